The number of esters is 1. The summed E-state index contributed by atoms with van der Waals surface area (Å²) in [4.78, 5) is 27.9. The predicted octanol–water partition coefficient (Wildman–Crippen LogP) is 2.25. The summed E-state index contributed by atoms with van der Waals surface area (Å²) < 4.78 is 4.64. The predicted molar refractivity (Wildman–Crippen MR) is 76.4 cm³/mol. The number of nitrogens with zero attached hydrogens (tertiary/aromatic N) is 1. The average Bonchev–Trinajstić information content (AvgIpc) is 3.05. The van der Waals surface area contributed by atoms with Gasteiger partial charge in [0.05, 0.1) is 35.7 Å². The highest BCUT2D eigenvalue weighted by molar-refractivity contribution is 7.09. The van der Waals surface area contributed by atoms with Crippen LogP contribution in [0.5, 0.6) is 0 Å². The molecule has 5 nitrogen and oxygen atoms in total. The highest BCUT2D eigenvalue weighted by atomic mass is 32.1. The van der Waals surface area contributed by atoms with Gasteiger partial charge in [-0.3, -0.25) is 9.59 Å². The minimum absolute atomic E-state index is 0.0907. The van der Waals surface area contributed by atoms with E-state index in [1.165, 1.54) is 7.11 Å². The summed E-state index contributed by atoms with van der Waals surface area (Å²) in [7, 11) is 1.35. The lowest BCUT2D eigenvalue weighted by Crippen LogP contribution is -2.29. The third-order valence-electron chi connectivity index (χ3n) is 3.47. The minimum Gasteiger partial charge on any atom is -0.469 e. The van der Waals surface area contributed by atoms with E-state index in [0.29, 0.717) is 12.3 Å². The second kappa shape index (κ2) is 5.91. The molecule has 6 heteroatoms. The lowest BCUT2D eigenvalue weighted by molar-refractivity contribution is -0.143. The van der Waals surface area contributed by atoms with Gasteiger partial charge in [-0.05, 0) is 13.3 Å². The van der Waals surface area contributed by atoms with Gasteiger partial charge < -0.3 is 10.1 Å². The number of thiazole rings is 1. The third-order valence-corrected chi connectivity index (χ3v) is 4.63. The van der Waals surface area contributed by atoms with E-state index in [4.69, 9.17) is 0 Å². The molecule has 1 aromatic rings. The first-order chi connectivity index (χ1) is 9.43. The standard InChI is InChI=1S/C14H20N2O3S/c1-7(2)13-16-11(6-20-13)8(3)15-12(17)9-5-10(9)14(18)19-4/h6-10H,5H2,1-4H3,(H,15,17)/t8-,9-,10-/m1/s1. The van der Waals surface area contributed by atoms with Crippen molar-refractivity contribution in [2.24, 2.45) is 11.8 Å². The van der Waals surface area contributed by atoms with Gasteiger partial charge in [-0.2, -0.15) is 0 Å². The number of ether oxygens (including phenoxy) is 1. The summed E-state index contributed by atoms with van der Waals surface area (Å²) in [6.45, 7) is 6.10. The Balaban J connectivity index is 1.90. The normalized spacial score (nSPS) is 22.4. The molecule has 0 radical (unpaired) electrons. The number of carbonyl (C=O) groups is 2. The number of methoxy groups -OCH3 is 1. The van der Waals surface area contributed by atoms with Crippen LogP contribution in [0.25, 0.3) is 0 Å². The van der Waals surface area contributed by atoms with Crippen LogP contribution in [0.1, 0.15) is 49.9 Å². The summed E-state index contributed by atoms with van der Waals surface area (Å²) in [5.74, 6) is -0.508. The zero-order valence-corrected chi connectivity index (χ0v) is 13.0. The van der Waals surface area contributed by atoms with E-state index in [9.17, 15) is 9.59 Å². The maximum absolute atomic E-state index is 12.0. The Morgan fingerprint density at radius 2 is 2.10 bits per heavy atom. The number of hydrogen-bond donors (Lipinski definition) is 1. The molecular weight excluding hydrogens is 276 g/mol. The largest absolute Gasteiger partial charge is 0.469 e. The van der Waals surface area contributed by atoms with Crippen LogP contribution in [0.15, 0.2) is 5.38 Å². The molecule has 0 aliphatic heterocycles. The molecule has 1 aromatic heterocycles. The lowest BCUT2D eigenvalue weighted by Gasteiger charge is -2.11. The Morgan fingerprint density at radius 3 is 2.65 bits per heavy atom. The van der Waals surface area contributed by atoms with Crippen molar-refractivity contribution in [3.63, 3.8) is 0 Å². The van der Waals surface area contributed by atoms with Crippen LogP contribution >= 0.6 is 11.3 Å². The molecule has 1 N–H and O–H groups in total. The van der Waals surface area contributed by atoms with Crippen LogP contribution < -0.4 is 5.32 Å². The molecule has 1 aliphatic rings. The van der Waals surface area contributed by atoms with Crippen LogP contribution in [-0.2, 0) is 14.3 Å². The first-order valence-electron chi connectivity index (χ1n) is 6.77. The average molecular weight is 296 g/mol. The van der Waals surface area contributed by atoms with E-state index in [1.807, 2.05) is 12.3 Å². The number of hydrogen-bond acceptors (Lipinski definition) is 5. The van der Waals surface area contributed by atoms with Crippen LogP contribution in [0.2, 0.25) is 0 Å². The van der Waals surface area contributed by atoms with E-state index >= 15 is 0 Å². The van der Waals surface area contributed by atoms with Crippen molar-refractivity contribution in [1.82, 2.24) is 10.3 Å². The molecule has 3 atom stereocenters. The SMILES string of the molecule is COC(=O)[C@@H]1C[C@H]1C(=O)N[C@H](C)c1csc(C(C)C)n1. The Morgan fingerprint density at radius 1 is 1.40 bits per heavy atom. The van der Waals surface area contributed by atoms with Gasteiger partial charge in [-0.1, -0.05) is 13.8 Å². The highest BCUT2D eigenvalue weighted by Gasteiger charge is 2.49. The second-order valence-corrected chi connectivity index (χ2v) is 6.36. The fraction of sp³-hybridized carbons (Fsp3) is 0.643. The van der Waals surface area contributed by atoms with Gasteiger partial charge in [0, 0.05) is 11.3 Å². The highest BCUT2D eigenvalue weighted by Crippen LogP contribution is 2.40. The number of amides is 1. The molecule has 0 bridgehead atoms. The van der Waals surface area contributed by atoms with E-state index in [2.05, 4.69) is 28.9 Å². The maximum Gasteiger partial charge on any atom is 0.309 e. The van der Waals surface area contributed by atoms with Gasteiger partial charge in [0.15, 0.2) is 0 Å². The van der Waals surface area contributed by atoms with E-state index in [-0.39, 0.29) is 29.8 Å². The number of carbonyl (C=O) groups excluding carboxylic acids is 2. The summed E-state index contributed by atoms with van der Waals surface area (Å²) in [5, 5.41) is 5.96. The fourth-order valence-corrected chi connectivity index (χ4v) is 2.98. The fourth-order valence-electron chi connectivity index (χ4n) is 2.06. The molecule has 0 unspecified atom stereocenters. The molecule has 20 heavy (non-hydrogen) atoms. The molecule has 1 fully saturated rings. The molecular formula is C14H20N2O3S. The van der Waals surface area contributed by atoms with Crippen molar-refractivity contribution >= 4 is 23.2 Å². The molecule has 110 valence electrons. The zero-order valence-electron chi connectivity index (χ0n) is 12.2. The van der Waals surface area contributed by atoms with Crippen molar-refractivity contribution in [1.29, 1.82) is 0 Å². The Kier molecular flexibility index (Phi) is 4.42. The van der Waals surface area contributed by atoms with Crippen LogP contribution in [0.3, 0.4) is 0 Å². The zero-order chi connectivity index (χ0) is 14.9. The van der Waals surface area contributed by atoms with Crippen molar-refractivity contribution < 1.29 is 14.3 Å². The number of rotatable bonds is 5. The molecule has 1 saturated carbocycles. The van der Waals surface area contributed by atoms with Gasteiger partial charge in [0.25, 0.3) is 0 Å². The molecule has 0 saturated heterocycles. The Bertz CT molecular complexity index is 512. The Labute approximate surface area is 122 Å². The maximum atomic E-state index is 12.0. The lowest BCUT2D eigenvalue weighted by atomic mass is 10.2. The van der Waals surface area contributed by atoms with Crippen molar-refractivity contribution in [3.05, 3.63) is 16.1 Å². The van der Waals surface area contributed by atoms with E-state index in [0.717, 1.165) is 10.7 Å². The summed E-state index contributed by atoms with van der Waals surface area (Å²) >= 11 is 1.61. The van der Waals surface area contributed by atoms with Crippen LogP contribution in [0.4, 0.5) is 0 Å². The van der Waals surface area contributed by atoms with Gasteiger partial charge in [-0.15, -0.1) is 11.3 Å². The first-order valence-corrected chi connectivity index (χ1v) is 7.65. The van der Waals surface area contributed by atoms with Gasteiger partial charge in [0.2, 0.25) is 5.91 Å². The summed E-state index contributed by atoms with van der Waals surface area (Å²) in [5.41, 5.74) is 0.877. The minimum atomic E-state index is -0.298. The van der Waals surface area contributed by atoms with Crippen molar-refractivity contribution in [2.75, 3.05) is 7.11 Å². The second-order valence-electron chi connectivity index (χ2n) is 5.47. The number of nitrogens with one attached hydrogen (secondary N) is 1. The molecule has 0 aromatic carbocycles. The summed E-state index contributed by atoms with van der Waals surface area (Å²) in [6, 6.07) is -0.134. The topological polar surface area (TPSA) is 68.3 Å². The molecule has 0 spiro atoms. The van der Waals surface area contributed by atoms with Crippen molar-refractivity contribution in [3.8, 4) is 0 Å². The molecule has 1 amide bonds. The Hall–Kier alpha value is -1.43. The van der Waals surface area contributed by atoms with Gasteiger partial charge in [-0.25, -0.2) is 4.98 Å². The molecule has 2 rings (SSSR count). The van der Waals surface area contributed by atoms with Crippen LogP contribution in [0, 0.1) is 11.8 Å². The quantitative estimate of drug-likeness (QED) is 0.846. The van der Waals surface area contributed by atoms with Crippen LogP contribution in [-0.4, -0.2) is 24.0 Å². The van der Waals surface area contributed by atoms with Gasteiger partial charge >= 0.3 is 5.97 Å². The smallest absolute Gasteiger partial charge is 0.309 e. The molecule has 1 heterocycles. The van der Waals surface area contributed by atoms with Gasteiger partial charge in [0.1, 0.15) is 0 Å². The summed E-state index contributed by atoms with van der Waals surface area (Å²) in [6.07, 6.45) is 0.583. The number of aromatic nitrogens is 1. The van der Waals surface area contributed by atoms with Crippen molar-refractivity contribution in [2.45, 2.75) is 39.2 Å². The monoisotopic (exact) mass is 296 g/mol. The molecule has 1 aliphatic carbocycles. The first kappa shape index (κ1) is 15.0. The van der Waals surface area contributed by atoms with E-state index in [1.54, 1.807) is 11.3 Å². The van der Waals surface area contributed by atoms with E-state index < -0.39 is 0 Å². The third kappa shape index (κ3) is 3.17.